The summed E-state index contributed by atoms with van der Waals surface area (Å²) in [6, 6.07) is 44.2. The van der Waals surface area contributed by atoms with Crippen LogP contribution in [0.2, 0.25) is 0 Å². The van der Waals surface area contributed by atoms with Crippen molar-refractivity contribution in [2.24, 2.45) is 0 Å². The molecular weight excluding hydrogens is 641 g/mol. The maximum absolute atomic E-state index is 6.08. The van der Waals surface area contributed by atoms with Crippen molar-refractivity contribution < 1.29 is 4.42 Å². The quantitative estimate of drug-likeness (QED) is 0.174. The number of hydrogen-bond acceptors (Lipinski definition) is 7. The summed E-state index contributed by atoms with van der Waals surface area (Å²) < 4.78 is 6.08. The lowest BCUT2D eigenvalue weighted by Crippen LogP contribution is -2.09. The van der Waals surface area contributed by atoms with Gasteiger partial charge in [-0.25, -0.2) is 4.98 Å². The molecule has 0 bridgehead atoms. The Labute approximate surface area is 298 Å². The highest BCUT2D eigenvalue weighted by molar-refractivity contribution is 6.04. The van der Waals surface area contributed by atoms with Crippen molar-refractivity contribution in [1.29, 1.82) is 0 Å². The highest BCUT2D eigenvalue weighted by Gasteiger charge is 2.15. The highest BCUT2D eigenvalue weighted by Crippen LogP contribution is 2.38. The lowest BCUT2D eigenvalue weighted by Gasteiger charge is -2.26. The van der Waals surface area contributed by atoms with Crippen LogP contribution in [0.15, 0.2) is 175 Å². The molecule has 0 saturated carbocycles. The third kappa shape index (κ3) is 5.28. The van der Waals surface area contributed by atoms with Gasteiger partial charge in [0.1, 0.15) is 5.58 Å². The molecule has 7 heteroatoms. The highest BCUT2D eigenvalue weighted by atomic mass is 16.3. The Bertz CT molecular complexity index is 2780. The number of hydrogen-bond donors (Lipinski definition) is 0. The molecule has 244 valence electrons. The van der Waals surface area contributed by atoms with E-state index in [4.69, 9.17) is 14.4 Å². The van der Waals surface area contributed by atoms with E-state index in [2.05, 4.69) is 123 Å². The Balaban J connectivity index is 1.02. The summed E-state index contributed by atoms with van der Waals surface area (Å²) >= 11 is 0. The average molecular weight is 669 g/mol. The summed E-state index contributed by atoms with van der Waals surface area (Å²) in [5.74, 6) is 0. The molecular formula is C45H28N6O. The van der Waals surface area contributed by atoms with Gasteiger partial charge in [0.2, 0.25) is 5.71 Å². The maximum atomic E-state index is 6.08. The smallest absolute Gasteiger partial charge is 0.227 e. The summed E-state index contributed by atoms with van der Waals surface area (Å²) in [6.07, 6.45) is 12.9. The van der Waals surface area contributed by atoms with Crippen molar-refractivity contribution in [1.82, 2.24) is 24.9 Å². The molecule has 0 radical (unpaired) electrons. The second kappa shape index (κ2) is 12.3. The molecule has 7 nitrogen and oxygen atoms in total. The molecule has 0 aliphatic carbocycles. The van der Waals surface area contributed by atoms with E-state index in [0.29, 0.717) is 5.71 Å². The van der Waals surface area contributed by atoms with Gasteiger partial charge < -0.3 is 9.32 Å². The molecule has 0 amide bonds. The van der Waals surface area contributed by atoms with Crippen LogP contribution in [0, 0.1) is 0 Å². The molecule has 10 aromatic rings. The van der Waals surface area contributed by atoms with Gasteiger partial charge in [-0.3, -0.25) is 19.9 Å². The lowest BCUT2D eigenvalue weighted by atomic mass is 10.0. The first-order chi connectivity index (χ1) is 25.7. The summed E-state index contributed by atoms with van der Waals surface area (Å²) in [5.41, 5.74) is 10.6. The van der Waals surface area contributed by atoms with Crippen LogP contribution >= 0.6 is 0 Å². The summed E-state index contributed by atoms with van der Waals surface area (Å²) in [5, 5.41) is 6.34. The molecule has 6 heterocycles. The first kappa shape index (κ1) is 29.6. The number of benzene rings is 4. The van der Waals surface area contributed by atoms with Gasteiger partial charge >= 0.3 is 0 Å². The first-order valence-electron chi connectivity index (χ1n) is 17.0. The fraction of sp³-hybridized carbons (Fsp3) is 0. The number of anilines is 3. The van der Waals surface area contributed by atoms with Crippen LogP contribution in [0.5, 0.6) is 0 Å². The zero-order valence-corrected chi connectivity index (χ0v) is 27.8. The van der Waals surface area contributed by atoms with Gasteiger partial charge in [-0.15, -0.1) is 0 Å². The number of aromatic nitrogens is 5. The van der Waals surface area contributed by atoms with Gasteiger partial charge in [0, 0.05) is 104 Å². The summed E-state index contributed by atoms with van der Waals surface area (Å²) in [6.45, 7) is 0. The predicted molar refractivity (Wildman–Crippen MR) is 209 cm³/mol. The number of fused-ring (bicyclic) bond motifs is 5. The average Bonchev–Trinajstić information content (AvgIpc) is 3.59. The lowest BCUT2D eigenvalue weighted by molar-refractivity contribution is 0.654. The first-order valence-corrected chi connectivity index (χ1v) is 17.0. The molecule has 0 saturated heterocycles. The monoisotopic (exact) mass is 668 g/mol. The van der Waals surface area contributed by atoms with E-state index in [9.17, 15) is 0 Å². The second-order valence-corrected chi connectivity index (χ2v) is 12.7. The molecule has 6 aromatic heterocycles. The minimum Gasteiger partial charge on any atom is -0.438 e. The zero-order chi connectivity index (χ0) is 34.4. The van der Waals surface area contributed by atoms with Crippen LogP contribution in [-0.2, 0) is 0 Å². The molecule has 10 rings (SSSR count). The van der Waals surface area contributed by atoms with Crippen LogP contribution in [0.25, 0.3) is 77.3 Å². The topological polar surface area (TPSA) is 80.8 Å². The molecule has 0 atom stereocenters. The Morgan fingerprint density at radius 2 is 0.942 bits per heavy atom. The van der Waals surface area contributed by atoms with Crippen molar-refractivity contribution in [3.8, 4) is 33.6 Å². The van der Waals surface area contributed by atoms with Crippen molar-refractivity contribution in [3.05, 3.63) is 171 Å². The number of rotatable bonds is 6. The van der Waals surface area contributed by atoms with Crippen LogP contribution in [-0.4, -0.2) is 24.9 Å². The van der Waals surface area contributed by atoms with Gasteiger partial charge in [-0.1, -0.05) is 42.5 Å². The Morgan fingerprint density at radius 3 is 1.52 bits per heavy atom. The molecule has 0 aliphatic rings. The summed E-state index contributed by atoms with van der Waals surface area (Å²) in [4.78, 5) is 24.7. The fourth-order valence-corrected chi connectivity index (χ4v) is 6.88. The Kier molecular flexibility index (Phi) is 6.99. The predicted octanol–water partition coefficient (Wildman–Crippen LogP) is 11.3. The van der Waals surface area contributed by atoms with Crippen LogP contribution in [0.4, 0.5) is 17.1 Å². The third-order valence-corrected chi connectivity index (χ3v) is 9.60. The maximum Gasteiger partial charge on any atom is 0.227 e. The van der Waals surface area contributed by atoms with Crippen molar-refractivity contribution in [2.45, 2.75) is 0 Å². The Hall–Kier alpha value is -7.25. The fourth-order valence-electron chi connectivity index (χ4n) is 6.88. The normalized spacial score (nSPS) is 11.5. The minimum absolute atomic E-state index is 0.652. The van der Waals surface area contributed by atoms with Gasteiger partial charge in [0.15, 0.2) is 0 Å². The minimum atomic E-state index is 0.652. The molecule has 52 heavy (non-hydrogen) atoms. The largest absolute Gasteiger partial charge is 0.438 e. The third-order valence-electron chi connectivity index (χ3n) is 9.60. The molecule has 0 spiro atoms. The van der Waals surface area contributed by atoms with Gasteiger partial charge in [-0.05, 0) is 96.1 Å². The Morgan fingerprint density at radius 1 is 0.404 bits per heavy atom. The van der Waals surface area contributed by atoms with E-state index < -0.39 is 0 Å². The number of nitrogens with zero attached hydrogens (tertiary/aromatic N) is 6. The van der Waals surface area contributed by atoms with Crippen molar-refractivity contribution >= 4 is 60.7 Å². The SMILES string of the molecule is c1cnc2oc3cc(-c4ccc(N(c5ccc(-c6cc7cnccc7cn6)cc5)c5ccc(-c6cc7cnccc7cn6)cc5)cc4)ccc3c2c1. The molecule has 0 aliphatic heterocycles. The number of furan rings is 1. The van der Waals surface area contributed by atoms with Crippen molar-refractivity contribution in [3.63, 3.8) is 0 Å². The number of pyridine rings is 5. The van der Waals surface area contributed by atoms with E-state index in [1.54, 1.807) is 18.6 Å². The van der Waals surface area contributed by atoms with Crippen molar-refractivity contribution in [2.75, 3.05) is 4.90 Å². The second-order valence-electron chi connectivity index (χ2n) is 12.7. The molecule has 4 aromatic carbocycles. The van der Waals surface area contributed by atoms with Gasteiger partial charge in [-0.2, -0.15) is 0 Å². The van der Waals surface area contributed by atoms with E-state index in [1.807, 2.05) is 49.1 Å². The summed E-state index contributed by atoms with van der Waals surface area (Å²) in [7, 11) is 0. The zero-order valence-electron chi connectivity index (χ0n) is 27.8. The van der Waals surface area contributed by atoms with Crippen LogP contribution < -0.4 is 4.90 Å². The molecule has 0 unspecified atom stereocenters. The van der Waals surface area contributed by atoms with Gasteiger partial charge in [0.25, 0.3) is 0 Å². The molecule has 0 fully saturated rings. The van der Waals surface area contributed by atoms with Crippen LogP contribution in [0.3, 0.4) is 0 Å². The molecule has 0 N–H and O–H groups in total. The van der Waals surface area contributed by atoms with E-state index in [0.717, 1.165) is 88.6 Å². The van der Waals surface area contributed by atoms with E-state index in [1.165, 1.54) is 0 Å². The van der Waals surface area contributed by atoms with E-state index >= 15 is 0 Å². The standard InChI is InChI=1S/C45H28N6O/c1-2-41-40-16-9-32(24-44(40)52-45(41)48-19-1)29-3-10-37(11-4-29)51(38-12-5-30(6-13-38)42-22-35-25-46-20-17-33(35)27-49-42)39-14-7-31(8-15-39)43-23-36-26-47-21-18-34(36)28-50-43/h1-28H. The van der Waals surface area contributed by atoms with Crippen LogP contribution in [0.1, 0.15) is 0 Å². The van der Waals surface area contributed by atoms with E-state index in [-0.39, 0.29) is 0 Å². The van der Waals surface area contributed by atoms with Gasteiger partial charge in [0.05, 0.1) is 11.4 Å².